The van der Waals surface area contributed by atoms with Gasteiger partial charge >= 0.3 is 5.97 Å². The maximum absolute atomic E-state index is 12.1. The van der Waals surface area contributed by atoms with Crippen LogP contribution < -0.4 is 0 Å². The molecule has 6 heteroatoms. The summed E-state index contributed by atoms with van der Waals surface area (Å²) in [6, 6.07) is 0. The first-order chi connectivity index (χ1) is 10.1. The van der Waals surface area contributed by atoms with Gasteiger partial charge < -0.3 is 5.11 Å². The van der Waals surface area contributed by atoms with Crippen molar-refractivity contribution in [1.82, 2.24) is 4.90 Å². The SMILES string of the molecule is CCCCCC#C/C=C1\SC(=S)N(CCCC(=O)O)C1=O. The number of thiocarbonyl (C=S) groups is 1. The monoisotopic (exact) mass is 325 g/mol. The summed E-state index contributed by atoms with van der Waals surface area (Å²) in [5, 5.41) is 8.60. The molecule has 21 heavy (non-hydrogen) atoms. The molecule has 1 rings (SSSR count). The van der Waals surface area contributed by atoms with Crippen molar-refractivity contribution < 1.29 is 14.7 Å². The van der Waals surface area contributed by atoms with Gasteiger partial charge in [-0.05, 0) is 12.8 Å². The second kappa shape index (κ2) is 9.59. The van der Waals surface area contributed by atoms with E-state index in [9.17, 15) is 9.59 Å². The van der Waals surface area contributed by atoms with Crippen LogP contribution in [0.5, 0.6) is 0 Å². The van der Waals surface area contributed by atoms with Gasteiger partial charge in [-0.15, -0.1) is 0 Å². The Labute approximate surface area is 135 Å². The average molecular weight is 325 g/mol. The highest BCUT2D eigenvalue weighted by Gasteiger charge is 2.31. The summed E-state index contributed by atoms with van der Waals surface area (Å²) in [4.78, 5) is 24.5. The van der Waals surface area contributed by atoms with Gasteiger partial charge in [0.25, 0.3) is 5.91 Å². The molecule has 0 atom stereocenters. The second-order valence-corrected chi connectivity index (χ2v) is 6.28. The summed E-state index contributed by atoms with van der Waals surface area (Å²) < 4.78 is 0.476. The zero-order valence-corrected chi connectivity index (χ0v) is 13.7. The largest absolute Gasteiger partial charge is 0.481 e. The Morgan fingerprint density at radius 2 is 2.19 bits per heavy atom. The highest BCUT2D eigenvalue weighted by atomic mass is 32.2. The first-order valence-corrected chi connectivity index (χ1v) is 8.22. The number of hydrogen-bond acceptors (Lipinski definition) is 4. The van der Waals surface area contributed by atoms with E-state index >= 15 is 0 Å². The fourth-order valence-electron chi connectivity index (χ4n) is 1.73. The van der Waals surface area contributed by atoms with Crippen LogP contribution in [0.25, 0.3) is 0 Å². The fraction of sp³-hybridized carbons (Fsp3) is 0.533. The van der Waals surface area contributed by atoms with Crippen molar-refractivity contribution in [2.24, 2.45) is 0 Å². The molecule has 0 radical (unpaired) electrons. The zero-order chi connectivity index (χ0) is 15.7. The number of carbonyl (C=O) groups is 2. The van der Waals surface area contributed by atoms with Crippen molar-refractivity contribution in [3.05, 3.63) is 11.0 Å². The van der Waals surface area contributed by atoms with E-state index in [1.165, 1.54) is 23.1 Å². The molecular formula is C15H19NO3S2. The lowest BCUT2D eigenvalue weighted by atomic mass is 10.2. The standard InChI is InChI=1S/C15H19NO3S2/c1-2-3-4-5-6-7-9-12-14(19)16(15(20)21-12)11-8-10-13(17)18/h9H,2-5,8,10-11H2,1H3,(H,17,18)/b12-9-. The topological polar surface area (TPSA) is 57.6 Å². The number of allylic oxidation sites excluding steroid dienone is 1. The normalized spacial score (nSPS) is 16.2. The molecule has 4 nitrogen and oxygen atoms in total. The van der Waals surface area contributed by atoms with Gasteiger partial charge in [0.1, 0.15) is 4.32 Å². The van der Waals surface area contributed by atoms with E-state index in [0.29, 0.717) is 22.2 Å². The number of amides is 1. The number of aliphatic carboxylic acids is 1. The molecule has 0 aromatic carbocycles. The summed E-state index contributed by atoms with van der Waals surface area (Å²) in [6.45, 7) is 2.49. The molecule has 1 aliphatic rings. The zero-order valence-electron chi connectivity index (χ0n) is 12.1. The molecule has 0 saturated carbocycles. The molecule has 1 heterocycles. The first-order valence-electron chi connectivity index (χ1n) is 7.00. The summed E-state index contributed by atoms with van der Waals surface area (Å²) >= 11 is 6.37. The van der Waals surface area contributed by atoms with Crippen LogP contribution in [-0.4, -0.2) is 32.7 Å². The molecule has 0 aromatic heterocycles. The van der Waals surface area contributed by atoms with E-state index < -0.39 is 5.97 Å². The Morgan fingerprint density at radius 1 is 1.43 bits per heavy atom. The quantitative estimate of drug-likeness (QED) is 0.337. The van der Waals surface area contributed by atoms with Crippen molar-refractivity contribution >= 4 is 40.2 Å². The van der Waals surface area contributed by atoms with Crippen molar-refractivity contribution in [2.75, 3.05) is 6.54 Å². The van der Waals surface area contributed by atoms with Crippen LogP contribution >= 0.6 is 24.0 Å². The van der Waals surface area contributed by atoms with Crippen LogP contribution in [0.3, 0.4) is 0 Å². The maximum atomic E-state index is 12.1. The Balaban J connectivity index is 2.49. The first kappa shape index (κ1) is 17.7. The van der Waals surface area contributed by atoms with Gasteiger partial charge in [0, 0.05) is 25.5 Å². The Morgan fingerprint density at radius 3 is 2.86 bits per heavy atom. The summed E-state index contributed by atoms with van der Waals surface area (Å²) in [7, 11) is 0. The Kier molecular flexibility index (Phi) is 8.09. The molecule has 1 fully saturated rings. The number of unbranched alkanes of at least 4 members (excludes halogenated alkanes) is 3. The van der Waals surface area contributed by atoms with Gasteiger partial charge in [0.05, 0.1) is 4.91 Å². The van der Waals surface area contributed by atoms with Gasteiger partial charge in [-0.3, -0.25) is 14.5 Å². The van der Waals surface area contributed by atoms with E-state index in [2.05, 4.69) is 18.8 Å². The van der Waals surface area contributed by atoms with E-state index in [4.69, 9.17) is 17.3 Å². The molecule has 1 saturated heterocycles. The third-order valence-corrected chi connectivity index (χ3v) is 4.23. The number of hydrogen-bond donors (Lipinski definition) is 1. The lowest BCUT2D eigenvalue weighted by Crippen LogP contribution is -2.29. The highest BCUT2D eigenvalue weighted by Crippen LogP contribution is 2.30. The van der Waals surface area contributed by atoms with Crippen molar-refractivity contribution in [1.29, 1.82) is 0 Å². The van der Waals surface area contributed by atoms with E-state index in [1.807, 2.05) is 0 Å². The van der Waals surface area contributed by atoms with Gasteiger partial charge in [0.2, 0.25) is 0 Å². The highest BCUT2D eigenvalue weighted by molar-refractivity contribution is 8.26. The number of nitrogens with zero attached hydrogens (tertiary/aromatic N) is 1. The lowest BCUT2D eigenvalue weighted by Gasteiger charge is -2.12. The molecule has 0 aliphatic carbocycles. The summed E-state index contributed by atoms with van der Waals surface area (Å²) in [5.74, 6) is 4.89. The lowest BCUT2D eigenvalue weighted by molar-refractivity contribution is -0.137. The molecule has 0 aromatic rings. The molecule has 1 N–H and O–H groups in total. The minimum Gasteiger partial charge on any atom is -0.481 e. The Bertz CT molecular complexity index is 503. The van der Waals surface area contributed by atoms with Gasteiger partial charge in [-0.1, -0.05) is 55.6 Å². The molecule has 0 unspecified atom stereocenters. The van der Waals surface area contributed by atoms with Crippen molar-refractivity contribution in [2.45, 2.75) is 45.4 Å². The molecule has 1 amide bonds. The number of carboxylic acids is 1. The molecule has 0 spiro atoms. The fourth-order valence-corrected chi connectivity index (χ4v) is 2.96. The molecular weight excluding hydrogens is 306 g/mol. The predicted molar refractivity (Wildman–Crippen MR) is 88.8 cm³/mol. The number of carboxylic acid groups (broad SMARTS) is 1. The van der Waals surface area contributed by atoms with Crippen LogP contribution in [-0.2, 0) is 9.59 Å². The van der Waals surface area contributed by atoms with E-state index in [-0.39, 0.29) is 12.3 Å². The van der Waals surface area contributed by atoms with Crippen LogP contribution in [0.15, 0.2) is 11.0 Å². The second-order valence-electron chi connectivity index (χ2n) is 4.61. The van der Waals surface area contributed by atoms with Gasteiger partial charge in [-0.25, -0.2) is 0 Å². The predicted octanol–water partition coefficient (Wildman–Crippen LogP) is 3.18. The van der Waals surface area contributed by atoms with Crippen molar-refractivity contribution in [3.63, 3.8) is 0 Å². The number of rotatable bonds is 7. The minimum atomic E-state index is -0.867. The third-order valence-electron chi connectivity index (χ3n) is 2.86. The molecule has 1 aliphatic heterocycles. The number of thioether (sulfide) groups is 1. The van der Waals surface area contributed by atoms with Crippen LogP contribution in [0.4, 0.5) is 0 Å². The van der Waals surface area contributed by atoms with Crippen LogP contribution in [0.2, 0.25) is 0 Å². The number of carbonyl (C=O) groups excluding carboxylic acids is 1. The smallest absolute Gasteiger partial charge is 0.303 e. The van der Waals surface area contributed by atoms with Crippen LogP contribution in [0.1, 0.15) is 45.4 Å². The Hall–Kier alpha value is -1.32. The van der Waals surface area contributed by atoms with E-state index in [0.717, 1.165) is 19.3 Å². The summed E-state index contributed by atoms with van der Waals surface area (Å²) in [5.41, 5.74) is 0. The van der Waals surface area contributed by atoms with Gasteiger partial charge in [-0.2, -0.15) is 0 Å². The molecule has 0 bridgehead atoms. The average Bonchev–Trinajstić information content (AvgIpc) is 2.70. The van der Waals surface area contributed by atoms with E-state index in [1.54, 1.807) is 6.08 Å². The molecule has 114 valence electrons. The maximum Gasteiger partial charge on any atom is 0.303 e. The van der Waals surface area contributed by atoms with Crippen molar-refractivity contribution in [3.8, 4) is 11.8 Å². The van der Waals surface area contributed by atoms with Crippen LogP contribution in [0, 0.1) is 11.8 Å². The summed E-state index contributed by atoms with van der Waals surface area (Å²) in [6.07, 6.45) is 6.29. The third kappa shape index (κ3) is 6.32. The minimum absolute atomic E-state index is 0.0351. The van der Waals surface area contributed by atoms with Gasteiger partial charge in [0.15, 0.2) is 0 Å².